The van der Waals surface area contributed by atoms with Gasteiger partial charge in [0.15, 0.2) is 0 Å². The minimum atomic E-state index is -0.773. The van der Waals surface area contributed by atoms with Crippen molar-refractivity contribution in [3.05, 3.63) is 64.2 Å². The van der Waals surface area contributed by atoms with E-state index in [-0.39, 0.29) is 0 Å². The van der Waals surface area contributed by atoms with Gasteiger partial charge in [-0.05, 0) is 53.5 Å². The molecule has 0 aromatic heterocycles. The monoisotopic (exact) mass is 286 g/mol. The number of hydrogen-bond acceptors (Lipinski definition) is 2. The molecule has 0 spiro atoms. The van der Waals surface area contributed by atoms with E-state index in [2.05, 4.69) is 24.3 Å². The molecule has 1 aliphatic heterocycles. The van der Waals surface area contributed by atoms with Gasteiger partial charge in [0.2, 0.25) is 0 Å². The molecule has 1 N–H and O–H groups in total. The van der Waals surface area contributed by atoms with Crippen LogP contribution in [0.3, 0.4) is 0 Å². The molecule has 2 nitrogen and oxygen atoms in total. The quantitative estimate of drug-likeness (QED) is 0.878. The summed E-state index contributed by atoms with van der Waals surface area (Å²) in [5, 5.41) is 10.6. The zero-order valence-electron chi connectivity index (χ0n) is 11.2. The second kappa shape index (κ2) is 6.00. The molecule has 2 aromatic rings. The van der Waals surface area contributed by atoms with Crippen LogP contribution in [0.5, 0.6) is 0 Å². The van der Waals surface area contributed by atoms with Crippen molar-refractivity contribution < 1.29 is 9.68 Å². The normalized spacial score (nSPS) is 14.2. The van der Waals surface area contributed by atoms with Crippen molar-refractivity contribution in [3.8, 4) is 0 Å². The zero-order chi connectivity index (χ0) is 13.9. The predicted octanol–water partition coefficient (Wildman–Crippen LogP) is 2.39. The highest BCUT2D eigenvalue weighted by Gasteiger charge is 2.24. The molecule has 0 atom stereocenters. The summed E-state index contributed by atoms with van der Waals surface area (Å²) in [6, 6.07) is 14.2. The highest BCUT2D eigenvalue weighted by atomic mass is 35.5. The Morgan fingerprint density at radius 3 is 2.70 bits per heavy atom. The highest BCUT2D eigenvalue weighted by Crippen LogP contribution is 2.14. The number of fused-ring (bicyclic) bond motifs is 1. The molecule has 1 aliphatic rings. The van der Waals surface area contributed by atoms with Crippen molar-refractivity contribution in [1.29, 1.82) is 0 Å². The van der Waals surface area contributed by atoms with Gasteiger partial charge in [0.1, 0.15) is 0 Å². The van der Waals surface area contributed by atoms with Gasteiger partial charge in [0.05, 0.1) is 0 Å². The Labute approximate surface area is 124 Å². The Bertz CT molecular complexity index is 615. The van der Waals surface area contributed by atoms with E-state index < -0.39 is 7.12 Å². The molecular weight excluding hydrogens is 270 g/mol. The number of rotatable bonds is 3. The Kier molecular flexibility index (Phi) is 4.11. The van der Waals surface area contributed by atoms with Gasteiger partial charge >= 0.3 is 7.12 Å². The summed E-state index contributed by atoms with van der Waals surface area (Å²) in [5.74, 6) is 0. The van der Waals surface area contributed by atoms with E-state index >= 15 is 0 Å². The molecule has 0 bridgehead atoms. The summed E-state index contributed by atoms with van der Waals surface area (Å²) in [7, 11) is -0.773. The van der Waals surface area contributed by atoms with Gasteiger partial charge in [0.25, 0.3) is 0 Å². The molecule has 1 heterocycles. The summed E-state index contributed by atoms with van der Waals surface area (Å²) in [5.41, 5.74) is 4.55. The molecule has 3 rings (SSSR count). The van der Waals surface area contributed by atoms with E-state index in [1.54, 1.807) is 0 Å². The highest BCUT2D eigenvalue weighted by molar-refractivity contribution is 6.60. The fourth-order valence-electron chi connectivity index (χ4n) is 2.61. The van der Waals surface area contributed by atoms with Crippen LogP contribution < -0.4 is 5.46 Å². The Morgan fingerprint density at radius 1 is 1.10 bits per heavy atom. The number of hydrogen-bond donors (Lipinski definition) is 1. The molecule has 0 unspecified atom stereocenters. The largest absolute Gasteiger partial charge is 0.491 e. The summed E-state index contributed by atoms with van der Waals surface area (Å²) in [6.07, 6.45) is 2.75. The van der Waals surface area contributed by atoms with E-state index in [1.807, 2.05) is 18.2 Å². The van der Waals surface area contributed by atoms with E-state index in [1.165, 1.54) is 16.7 Å². The number of aryl methyl sites for hydroxylation is 2. The van der Waals surface area contributed by atoms with E-state index in [4.69, 9.17) is 16.3 Å². The lowest BCUT2D eigenvalue weighted by Gasteiger charge is -2.19. The number of halogens is 1. The standard InChI is InChI=1S/C16H16BClO2/c18-15-3-1-2-12(10-15)4-5-13-6-7-14-8-9-20-17(19)16(14)11-13/h1-3,6-7,10-11,19H,4-5,8-9H2. The van der Waals surface area contributed by atoms with Crippen LogP contribution in [0.4, 0.5) is 0 Å². The van der Waals surface area contributed by atoms with E-state index in [9.17, 15) is 5.02 Å². The minimum absolute atomic E-state index is 0.593. The topological polar surface area (TPSA) is 29.5 Å². The molecule has 0 radical (unpaired) electrons. The van der Waals surface area contributed by atoms with Crippen molar-refractivity contribution >= 4 is 24.2 Å². The molecule has 20 heavy (non-hydrogen) atoms. The van der Waals surface area contributed by atoms with Crippen molar-refractivity contribution in [2.75, 3.05) is 6.61 Å². The van der Waals surface area contributed by atoms with Gasteiger partial charge in [-0.15, -0.1) is 0 Å². The minimum Gasteiger partial charge on any atom is -0.423 e. The Balaban J connectivity index is 1.73. The maximum atomic E-state index is 9.87. The van der Waals surface area contributed by atoms with Crippen LogP contribution in [0.2, 0.25) is 5.02 Å². The third-order valence-corrected chi connectivity index (χ3v) is 3.95. The molecule has 2 aromatic carbocycles. The molecule has 4 heteroatoms. The molecule has 0 aliphatic carbocycles. The van der Waals surface area contributed by atoms with E-state index in [0.29, 0.717) is 6.61 Å². The van der Waals surface area contributed by atoms with Gasteiger partial charge in [-0.2, -0.15) is 0 Å². The second-order valence-electron chi connectivity index (χ2n) is 5.14. The lowest BCUT2D eigenvalue weighted by molar-refractivity contribution is 0.266. The van der Waals surface area contributed by atoms with Gasteiger partial charge < -0.3 is 9.68 Å². The Morgan fingerprint density at radius 2 is 1.90 bits per heavy atom. The number of benzene rings is 2. The van der Waals surface area contributed by atoms with Crippen molar-refractivity contribution in [2.45, 2.75) is 19.3 Å². The Hall–Kier alpha value is -1.29. The second-order valence-corrected chi connectivity index (χ2v) is 5.57. The first-order valence-corrected chi connectivity index (χ1v) is 7.26. The lowest BCUT2D eigenvalue weighted by Crippen LogP contribution is -2.41. The van der Waals surface area contributed by atoms with Crippen LogP contribution in [-0.4, -0.2) is 18.7 Å². The first kappa shape index (κ1) is 13.7. The van der Waals surface area contributed by atoms with Gasteiger partial charge in [-0.3, -0.25) is 0 Å². The van der Waals surface area contributed by atoms with Crippen LogP contribution in [-0.2, 0) is 23.9 Å². The SMILES string of the molecule is OB1OCCc2ccc(CCc3cccc(Cl)c3)cc21. The van der Waals surface area contributed by atoms with Crippen LogP contribution in [0, 0.1) is 0 Å². The van der Waals surface area contributed by atoms with E-state index in [0.717, 1.165) is 29.7 Å². The average Bonchev–Trinajstić information content (AvgIpc) is 2.46. The van der Waals surface area contributed by atoms with Crippen molar-refractivity contribution in [1.82, 2.24) is 0 Å². The van der Waals surface area contributed by atoms with Gasteiger partial charge in [0, 0.05) is 11.6 Å². The first-order chi connectivity index (χ1) is 9.72. The van der Waals surface area contributed by atoms with Crippen LogP contribution in [0.15, 0.2) is 42.5 Å². The van der Waals surface area contributed by atoms with Gasteiger partial charge in [-0.1, -0.05) is 41.9 Å². The molecule has 0 fully saturated rings. The molecule has 102 valence electrons. The summed E-state index contributed by atoms with van der Waals surface area (Å²) >= 11 is 5.99. The third-order valence-electron chi connectivity index (χ3n) is 3.71. The molecular formula is C16H16BClO2. The van der Waals surface area contributed by atoms with Crippen LogP contribution in [0.25, 0.3) is 0 Å². The van der Waals surface area contributed by atoms with Crippen molar-refractivity contribution in [3.63, 3.8) is 0 Å². The van der Waals surface area contributed by atoms with Crippen LogP contribution in [0.1, 0.15) is 16.7 Å². The first-order valence-electron chi connectivity index (χ1n) is 6.88. The maximum Gasteiger partial charge on any atom is 0.491 e. The molecule has 0 saturated heterocycles. The summed E-state index contributed by atoms with van der Waals surface area (Å²) in [6.45, 7) is 0.593. The lowest BCUT2D eigenvalue weighted by atomic mass is 9.73. The maximum absolute atomic E-state index is 9.87. The summed E-state index contributed by atoms with van der Waals surface area (Å²) in [4.78, 5) is 0. The third kappa shape index (κ3) is 3.06. The molecule has 0 amide bonds. The van der Waals surface area contributed by atoms with Crippen molar-refractivity contribution in [2.24, 2.45) is 0 Å². The fourth-order valence-corrected chi connectivity index (χ4v) is 2.82. The average molecular weight is 287 g/mol. The molecule has 0 saturated carbocycles. The smallest absolute Gasteiger partial charge is 0.423 e. The summed E-state index contributed by atoms with van der Waals surface area (Å²) < 4.78 is 5.28. The van der Waals surface area contributed by atoms with Gasteiger partial charge in [-0.25, -0.2) is 0 Å². The zero-order valence-corrected chi connectivity index (χ0v) is 11.9. The fraction of sp³-hybridized carbons (Fsp3) is 0.250. The van der Waals surface area contributed by atoms with Crippen LogP contribution >= 0.6 is 11.6 Å². The predicted molar refractivity (Wildman–Crippen MR) is 82.6 cm³/mol.